The van der Waals surface area contributed by atoms with Crippen LogP contribution in [0.5, 0.6) is 11.5 Å². The zero-order valence-electron chi connectivity index (χ0n) is 16.8. The van der Waals surface area contributed by atoms with E-state index in [9.17, 15) is 19.5 Å². The molecule has 1 aliphatic heterocycles. The van der Waals surface area contributed by atoms with Crippen molar-refractivity contribution in [2.75, 3.05) is 38.7 Å². The number of hydrazone groups is 1. The summed E-state index contributed by atoms with van der Waals surface area (Å²) < 4.78 is 10.2. The molecule has 3 N–H and O–H groups in total. The number of phenols is 1. The van der Waals surface area contributed by atoms with E-state index in [1.807, 2.05) is 0 Å². The molecule has 1 aliphatic rings. The van der Waals surface area contributed by atoms with Crippen LogP contribution in [0, 0.1) is 0 Å². The summed E-state index contributed by atoms with van der Waals surface area (Å²) >= 11 is 0. The summed E-state index contributed by atoms with van der Waals surface area (Å²) in [5, 5.41) is 16.1. The molecule has 0 aliphatic carbocycles. The van der Waals surface area contributed by atoms with Gasteiger partial charge in [-0.05, 0) is 24.3 Å². The number of anilines is 1. The normalized spacial score (nSPS) is 13.6. The molecule has 1 saturated heterocycles. The summed E-state index contributed by atoms with van der Waals surface area (Å²) in [4.78, 5) is 38.7. The Labute approximate surface area is 178 Å². The van der Waals surface area contributed by atoms with E-state index >= 15 is 0 Å². The number of para-hydroxylation sites is 2. The average Bonchev–Trinajstić information content (AvgIpc) is 2.80. The maximum absolute atomic E-state index is 12.7. The minimum absolute atomic E-state index is 0.150. The Bertz CT molecular complexity index is 1000. The highest BCUT2D eigenvalue weighted by molar-refractivity contribution is 6.40. The molecular formula is C21H22N4O6. The highest BCUT2D eigenvalue weighted by atomic mass is 16.5. The lowest BCUT2D eigenvalue weighted by Crippen LogP contribution is -2.41. The maximum atomic E-state index is 12.7. The summed E-state index contributed by atoms with van der Waals surface area (Å²) in [6.07, 6.45) is 1.18. The summed E-state index contributed by atoms with van der Waals surface area (Å²) in [5.74, 6) is -2.19. The number of phenolic OH excluding ortho intramolecular Hbond substituents is 1. The van der Waals surface area contributed by atoms with Crippen LogP contribution in [-0.2, 0) is 14.3 Å². The first-order valence-electron chi connectivity index (χ1n) is 9.47. The number of methoxy groups -OCH3 is 1. The summed E-state index contributed by atoms with van der Waals surface area (Å²) in [5.41, 5.74) is 2.87. The number of rotatable bonds is 5. The minimum Gasteiger partial charge on any atom is -0.504 e. The quantitative estimate of drug-likeness (QED) is 0.371. The van der Waals surface area contributed by atoms with E-state index in [0.29, 0.717) is 31.9 Å². The van der Waals surface area contributed by atoms with Gasteiger partial charge in [-0.1, -0.05) is 18.2 Å². The van der Waals surface area contributed by atoms with Crippen molar-refractivity contribution in [1.29, 1.82) is 0 Å². The lowest BCUT2D eigenvalue weighted by molar-refractivity contribution is -0.136. The fraction of sp³-hybridized carbons (Fsp3) is 0.238. The molecule has 3 amide bonds. The van der Waals surface area contributed by atoms with Gasteiger partial charge in [0.15, 0.2) is 11.5 Å². The van der Waals surface area contributed by atoms with Crippen LogP contribution in [0.15, 0.2) is 47.6 Å². The van der Waals surface area contributed by atoms with Crippen molar-refractivity contribution in [1.82, 2.24) is 10.3 Å². The van der Waals surface area contributed by atoms with Crippen molar-refractivity contribution in [2.24, 2.45) is 5.10 Å². The first kappa shape index (κ1) is 21.8. The largest absolute Gasteiger partial charge is 0.504 e. The number of carbonyl (C=O) groups is 3. The Balaban J connectivity index is 1.64. The third kappa shape index (κ3) is 5.37. The molecule has 1 heterocycles. The summed E-state index contributed by atoms with van der Waals surface area (Å²) in [6.45, 7) is 1.80. The Morgan fingerprint density at radius 1 is 1.10 bits per heavy atom. The number of aromatic hydroxyl groups is 1. The highest BCUT2D eigenvalue weighted by Crippen LogP contribution is 2.27. The van der Waals surface area contributed by atoms with E-state index in [0.717, 1.165) is 0 Å². The molecular weight excluding hydrogens is 404 g/mol. The van der Waals surface area contributed by atoms with E-state index in [1.165, 1.54) is 19.4 Å². The van der Waals surface area contributed by atoms with Gasteiger partial charge in [0, 0.05) is 18.7 Å². The van der Waals surface area contributed by atoms with Crippen molar-refractivity contribution < 1.29 is 29.0 Å². The molecule has 0 saturated carbocycles. The Morgan fingerprint density at radius 3 is 2.58 bits per heavy atom. The number of carbonyl (C=O) groups excluding carboxylic acids is 3. The van der Waals surface area contributed by atoms with Crippen LogP contribution in [0.4, 0.5) is 5.69 Å². The van der Waals surface area contributed by atoms with Gasteiger partial charge in [0.1, 0.15) is 0 Å². The van der Waals surface area contributed by atoms with Crippen LogP contribution < -0.4 is 15.5 Å². The van der Waals surface area contributed by atoms with Crippen LogP contribution in [0.1, 0.15) is 15.9 Å². The highest BCUT2D eigenvalue weighted by Gasteiger charge is 2.22. The van der Waals surface area contributed by atoms with Gasteiger partial charge in [0.2, 0.25) is 0 Å². The van der Waals surface area contributed by atoms with Gasteiger partial charge in [0.05, 0.1) is 37.8 Å². The van der Waals surface area contributed by atoms with E-state index in [-0.39, 0.29) is 28.7 Å². The monoisotopic (exact) mass is 426 g/mol. The van der Waals surface area contributed by atoms with Crippen molar-refractivity contribution in [3.8, 4) is 11.5 Å². The fourth-order valence-corrected chi connectivity index (χ4v) is 2.91. The van der Waals surface area contributed by atoms with Gasteiger partial charge in [0.25, 0.3) is 5.91 Å². The lowest BCUT2D eigenvalue weighted by Gasteiger charge is -2.27. The van der Waals surface area contributed by atoms with Crippen LogP contribution >= 0.6 is 0 Å². The van der Waals surface area contributed by atoms with Gasteiger partial charge in [-0.15, -0.1) is 0 Å². The molecule has 0 atom stereocenters. The predicted molar refractivity (Wildman–Crippen MR) is 112 cm³/mol. The predicted octanol–water partition coefficient (Wildman–Crippen LogP) is 0.962. The fourth-order valence-electron chi connectivity index (χ4n) is 2.91. The number of morpholine rings is 1. The SMILES string of the molecule is COc1cccc(/C=N\NC(=O)C(=O)Nc2ccccc2C(=O)N2CCOCC2)c1O. The minimum atomic E-state index is -1.03. The number of hydrogen-bond donors (Lipinski definition) is 3. The number of nitrogens with one attached hydrogen (secondary N) is 2. The third-order valence-corrected chi connectivity index (χ3v) is 4.53. The molecule has 0 radical (unpaired) electrons. The molecule has 3 rings (SSSR count). The van der Waals surface area contributed by atoms with E-state index in [4.69, 9.17) is 9.47 Å². The molecule has 162 valence electrons. The van der Waals surface area contributed by atoms with Gasteiger partial charge in [-0.3, -0.25) is 14.4 Å². The van der Waals surface area contributed by atoms with Crippen LogP contribution in [0.3, 0.4) is 0 Å². The van der Waals surface area contributed by atoms with Gasteiger partial charge < -0.3 is 24.8 Å². The second kappa shape index (κ2) is 10.2. The maximum Gasteiger partial charge on any atom is 0.329 e. The molecule has 0 bridgehead atoms. The van der Waals surface area contributed by atoms with Crippen molar-refractivity contribution in [3.63, 3.8) is 0 Å². The van der Waals surface area contributed by atoms with E-state index in [2.05, 4.69) is 15.8 Å². The Morgan fingerprint density at radius 2 is 1.84 bits per heavy atom. The van der Waals surface area contributed by atoms with Gasteiger partial charge in [-0.25, -0.2) is 5.43 Å². The third-order valence-electron chi connectivity index (χ3n) is 4.53. The molecule has 0 aromatic heterocycles. The first-order chi connectivity index (χ1) is 15.0. The van der Waals surface area contributed by atoms with Crippen molar-refractivity contribution >= 4 is 29.6 Å². The summed E-state index contributed by atoms with van der Waals surface area (Å²) in [6, 6.07) is 11.2. The molecule has 2 aromatic rings. The smallest absolute Gasteiger partial charge is 0.329 e. The Kier molecular flexibility index (Phi) is 7.17. The van der Waals surface area contributed by atoms with Crippen LogP contribution in [0.25, 0.3) is 0 Å². The number of hydrogen-bond acceptors (Lipinski definition) is 7. The molecule has 2 aromatic carbocycles. The van der Waals surface area contributed by atoms with Crippen LogP contribution in [0.2, 0.25) is 0 Å². The molecule has 0 unspecified atom stereocenters. The summed E-state index contributed by atoms with van der Waals surface area (Å²) in [7, 11) is 1.41. The number of ether oxygens (including phenoxy) is 2. The Hall–Kier alpha value is -3.92. The molecule has 0 spiro atoms. The zero-order valence-corrected chi connectivity index (χ0v) is 16.8. The zero-order chi connectivity index (χ0) is 22.2. The number of nitrogens with zero attached hydrogens (tertiary/aromatic N) is 2. The molecule has 10 heteroatoms. The van der Waals surface area contributed by atoms with Crippen LogP contribution in [-0.4, -0.2) is 67.4 Å². The van der Waals surface area contributed by atoms with Crippen molar-refractivity contribution in [2.45, 2.75) is 0 Å². The second-order valence-corrected chi connectivity index (χ2v) is 6.50. The van der Waals surface area contributed by atoms with Gasteiger partial charge in [-0.2, -0.15) is 5.10 Å². The molecule has 31 heavy (non-hydrogen) atoms. The standard InChI is InChI=1S/C21H22N4O6/c1-30-17-8-4-5-14(18(17)26)13-22-24-20(28)19(27)23-16-7-3-2-6-15(16)21(29)25-9-11-31-12-10-25/h2-8,13,26H,9-12H2,1H3,(H,23,27)(H,24,28)/b22-13-. The lowest BCUT2D eigenvalue weighted by atomic mass is 10.1. The number of benzene rings is 2. The van der Waals surface area contributed by atoms with Gasteiger partial charge >= 0.3 is 11.8 Å². The average molecular weight is 426 g/mol. The molecule has 10 nitrogen and oxygen atoms in total. The first-order valence-corrected chi connectivity index (χ1v) is 9.47. The molecule has 1 fully saturated rings. The van der Waals surface area contributed by atoms with E-state index in [1.54, 1.807) is 41.3 Å². The van der Waals surface area contributed by atoms with Crippen molar-refractivity contribution in [3.05, 3.63) is 53.6 Å². The topological polar surface area (TPSA) is 130 Å². The van der Waals surface area contributed by atoms with E-state index < -0.39 is 11.8 Å². The number of amides is 3. The second-order valence-electron chi connectivity index (χ2n) is 6.50.